The van der Waals surface area contributed by atoms with Crippen molar-refractivity contribution < 1.29 is 19.0 Å². The number of imidazole rings is 1. The molecule has 3 aromatic rings. The molecule has 1 saturated carbocycles. The summed E-state index contributed by atoms with van der Waals surface area (Å²) in [6.45, 7) is 1.75. The Hall–Kier alpha value is -2.80. The predicted molar refractivity (Wildman–Crippen MR) is 102 cm³/mol. The summed E-state index contributed by atoms with van der Waals surface area (Å²) in [4.78, 5) is 16.3. The number of hydrogen-bond donors (Lipinski definition) is 1. The Balaban J connectivity index is 1.67. The first-order valence-corrected chi connectivity index (χ1v) is 9.57. The molecule has 28 heavy (non-hydrogen) atoms. The van der Waals surface area contributed by atoms with Gasteiger partial charge in [-0.25, -0.2) is 13.9 Å². The summed E-state index contributed by atoms with van der Waals surface area (Å²) in [5.41, 5.74) is 2.06. The fourth-order valence-corrected chi connectivity index (χ4v) is 3.55. The lowest BCUT2D eigenvalue weighted by molar-refractivity contribution is 0.0637. The van der Waals surface area contributed by atoms with Gasteiger partial charge in [-0.2, -0.15) is 0 Å². The van der Waals surface area contributed by atoms with E-state index in [-0.39, 0.29) is 18.0 Å². The number of aliphatic hydroxyl groups is 1. The van der Waals surface area contributed by atoms with Gasteiger partial charge in [-0.3, -0.25) is 4.79 Å². The molecule has 2 aromatic heterocycles. The monoisotopic (exact) mass is 383 g/mol. The van der Waals surface area contributed by atoms with Crippen molar-refractivity contribution in [2.75, 3.05) is 0 Å². The number of ketones is 1. The lowest BCUT2D eigenvalue weighted by Crippen LogP contribution is -2.26. The number of hydrogen-bond acceptors (Lipinski definition) is 5. The van der Waals surface area contributed by atoms with Crippen molar-refractivity contribution in [2.24, 2.45) is 0 Å². The third-order valence-electron chi connectivity index (χ3n) is 5.11. The van der Waals surface area contributed by atoms with Crippen LogP contribution in [0.1, 0.15) is 49.4 Å². The highest BCUT2D eigenvalue weighted by Gasteiger charge is 2.21. The average molecular weight is 383 g/mol. The molecule has 1 fully saturated rings. The number of benzene rings is 1. The summed E-state index contributed by atoms with van der Waals surface area (Å²) < 4.78 is 21.7. The molecule has 146 valence electrons. The second-order valence-corrected chi connectivity index (χ2v) is 7.14. The highest BCUT2D eigenvalue weighted by molar-refractivity contribution is 5.97. The number of nitrogens with zero attached hydrogens (tertiary/aromatic N) is 3. The van der Waals surface area contributed by atoms with Crippen LogP contribution < -0.4 is 4.74 Å². The van der Waals surface area contributed by atoms with Crippen molar-refractivity contribution in [3.05, 3.63) is 47.9 Å². The van der Waals surface area contributed by atoms with E-state index in [9.17, 15) is 14.3 Å². The second kappa shape index (κ2) is 7.67. The Morgan fingerprint density at radius 1 is 1.25 bits per heavy atom. The maximum atomic E-state index is 14.1. The number of rotatable bonds is 5. The first kappa shape index (κ1) is 18.6. The Labute approximate surface area is 162 Å². The third kappa shape index (κ3) is 3.75. The van der Waals surface area contributed by atoms with Gasteiger partial charge in [0.25, 0.3) is 0 Å². The molecule has 1 N–H and O–H groups in total. The van der Waals surface area contributed by atoms with Gasteiger partial charge >= 0.3 is 0 Å². The molecule has 0 unspecified atom stereocenters. The molecule has 0 radical (unpaired) electrons. The van der Waals surface area contributed by atoms with Gasteiger partial charge in [0.05, 0.1) is 18.0 Å². The number of carbonyl (C=O) groups excluding carboxylic acids is 1. The van der Waals surface area contributed by atoms with Gasteiger partial charge in [0.1, 0.15) is 11.9 Å². The summed E-state index contributed by atoms with van der Waals surface area (Å²) in [5.74, 6) is -0.141. The van der Waals surface area contributed by atoms with Crippen molar-refractivity contribution in [2.45, 2.75) is 51.2 Å². The Kier molecular flexibility index (Phi) is 5.09. The van der Waals surface area contributed by atoms with E-state index < -0.39 is 5.82 Å². The molecule has 0 bridgehead atoms. The number of ether oxygens (including phenoxy) is 1. The Morgan fingerprint density at radius 3 is 2.79 bits per heavy atom. The van der Waals surface area contributed by atoms with Crippen molar-refractivity contribution in [3.8, 4) is 17.1 Å². The molecule has 1 aromatic carbocycles. The molecule has 2 heterocycles. The number of aromatic nitrogens is 3. The zero-order chi connectivity index (χ0) is 19.7. The van der Waals surface area contributed by atoms with Gasteiger partial charge in [-0.1, -0.05) is 6.92 Å². The van der Waals surface area contributed by atoms with Gasteiger partial charge in [-0.15, -0.1) is 5.10 Å². The zero-order valence-electron chi connectivity index (χ0n) is 15.6. The van der Waals surface area contributed by atoms with Gasteiger partial charge in [-0.05, 0) is 49.9 Å². The van der Waals surface area contributed by atoms with E-state index in [0.717, 1.165) is 25.7 Å². The first-order chi connectivity index (χ1) is 13.5. The lowest BCUT2D eigenvalue weighted by atomic mass is 9.95. The summed E-state index contributed by atoms with van der Waals surface area (Å²) in [5, 5.41) is 14.1. The largest absolute Gasteiger partial charge is 0.473 e. The van der Waals surface area contributed by atoms with Crippen LogP contribution in [-0.4, -0.2) is 37.7 Å². The standard InChI is InChI=1S/C21H22FN3O3/c1-2-19(27)14-9-13(10-15(22)11-14)18-12-23-20-7-8-21(24-25(18)20)28-17-5-3-16(26)4-6-17/h7-12,16-17,26H,2-6H2,1H3. The molecule has 1 aliphatic rings. The molecule has 6 nitrogen and oxygen atoms in total. The van der Waals surface area contributed by atoms with Crippen molar-refractivity contribution in [1.82, 2.24) is 14.6 Å². The number of aliphatic hydroxyl groups excluding tert-OH is 1. The molecule has 0 saturated heterocycles. The maximum Gasteiger partial charge on any atom is 0.232 e. The Bertz CT molecular complexity index is 1010. The number of fused-ring (bicyclic) bond motifs is 1. The van der Waals surface area contributed by atoms with Crippen LogP contribution in [0, 0.1) is 5.82 Å². The van der Waals surface area contributed by atoms with Crippen LogP contribution in [0.4, 0.5) is 4.39 Å². The van der Waals surface area contributed by atoms with E-state index in [1.807, 2.05) is 0 Å². The van der Waals surface area contributed by atoms with Crippen molar-refractivity contribution in [1.29, 1.82) is 0 Å². The van der Waals surface area contributed by atoms with Crippen LogP contribution in [0.15, 0.2) is 36.5 Å². The SMILES string of the molecule is CCC(=O)c1cc(F)cc(-c2cnc3ccc(OC4CCC(O)CC4)nn23)c1. The van der Waals surface area contributed by atoms with Crippen molar-refractivity contribution in [3.63, 3.8) is 0 Å². The zero-order valence-corrected chi connectivity index (χ0v) is 15.6. The van der Waals surface area contributed by atoms with Gasteiger partial charge in [0.15, 0.2) is 11.4 Å². The van der Waals surface area contributed by atoms with E-state index in [0.29, 0.717) is 34.8 Å². The number of carbonyl (C=O) groups is 1. The fraction of sp³-hybridized carbons (Fsp3) is 0.381. The van der Waals surface area contributed by atoms with E-state index in [1.165, 1.54) is 12.1 Å². The lowest BCUT2D eigenvalue weighted by Gasteiger charge is -2.25. The number of Topliss-reactive ketones (excluding diaryl/α,β-unsaturated/α-hetero) is 1. The summed E-state index contributed by atoms with van der Waals surface area (Å²) in [6.07, 6.45) is 4.70. The molecule has 0 atom stereocenters. The highest BCUT2D eigenvalue weighted by atomic mass is 19.1. The normalized spacial score (nSPS) is 19.7. The van der Waals surface area contributed by atoms with E-state index in [4.69, 9.17) is 4.74 Å². The van der Waals surface area contributed by atoms with E-state index in [2.05, 4.69) is 10.1 Å². The average Bonchev–Trinajstić information content (AvgIpc) is 3.12. The van der Waals surface area contributed by atoms with Crippen LogP contribution in [0.2, 0.25) is 0 Å². The van der Waals surface area contributed by atoms with E-state index in [1.54, 1.807) is 35.8 Å². The predicted octanol–water partition coefficient (Wildman–Crippen LogP) is 3.81. The summed E-state index contributed by atoms with van der Waals surface area (Å²) in [6, 6.07) is 7.83. The highest BCUT2D eigenvalue weighted by Crippen LogP contribution is 2.26. The Morgan fingerprint density at radius 2 is 2.04 bits per heavy atom. The quantitative estimate of drug-likeness (QED) is 0.678. The minimum Gasteiger partial charge on any atom is -0.473 e. The summed E-state index contributed by atoms with van der Waals surface area (Å²) in [7, 11) is 0. The van der Waals surface area contributed by atoms with Gasteiger partial charge < -0.3 is 9.84 Å². The van der Waals surface area contributed by atoms with Crippen LogP contribution in [-0.2, 0) is 0 Å². The summed E-state index contributed by atoms with van der Waals surface area (Å²) >= 11 is 0. The van der Waals surface area contributed by atoms with Crippen LogP contribution in [0.5, 0.6) is 5.88 Å². The van der Waals surface area contributed by atoms with Gasteiger partial charge in [0.2, 0.25) is 5.88 Å². The van der Waals surface area contributed by atoms with Gasteiger partial charge in [0, 0.05) is 23.6 Å². The topological polar surface area (TPSA) is 76.7 Å². The smallest absolute Gasteiger partial charge is 0.232 e. The second-order valence-electron chi connectivity index (χ2n) is 7.14. The molecule has 0 spiro atoms. The van der Waals surface area contributed by atoms with Crippen LogP contribution in [0.3, 0.4) is 0 Å². The van der Waals surface area contributed by atoms with Crippen LogP contribution >= 0.6 is 0 Å². The minimum atomic E-state index is -0.475. The minimum absolute atomic E-state index is 0.0169. The molecule has 7 heteroatoms. The maximum absolute atomic E-state index is 14.1. The molecular weight excluding hydrogens is 361 g/mol. The molecule has 1 aliphatic carbocycles. The van der Waals surface area contributed by atoms with Crippen LogP contribution in [0.25, 0.3) is 16.9 Å². The fourth-order valence-electron chi connectivity index (χ4n) is 3.55. The van der Waals surface area contributed by atoms with E-state index >= 15 is 0 Å². The molecule has 4 rings (SSSR count). The molecule has 0 amide bonds. The first-order valence-electron chi connectivity index (χ1n) is 9.57. The molecular formula is C21H22FN3O3. The molecule has 0 aliphatic heterocycles. The van der Waals surface area contributed by atoms with Crippen molar-refractivity contribution >= 4 is 11.4 Å². The third-order valence-corrected chi connectivity index (χ3v) is 5.11. The number of halogens is 1.